The van der Waals surface area contributed by atoms with E-state index in [-0.39, 0.29) is 43.1 Å². The number of hydrogen-bond donors (Lipinski definition) is 2. The van der Waals surface area contributed by atoms with Crippen LogP contribution in [0.4, 0.5) is 17.1 Å². The van der Waals surface area contributed by atoms with E-state index in [4.69, 9.17) is 5.73 Å². The third-order valence-corrected chi connectivity index (χ3v) is 5.01. The van der Waals surface area contributed by atoms with Crippen LogP contribution in [0.1, 0.15) is 18.9 Å². The second-order valence-electron chi connectivity index (χ2n) is 6.69. The fourth-order valence-corrected chi connectivity index (χ4v) is 3.38. The summed E-state index contributed by atoms with van der Waals surface area (Å²) in [4.78, 5) is 17.3. The number of rotatable bonds is 6. The fourth-order valence-electron chi connectivity index (χ4n) is 3.38. The normalized spacial score (nSPS) is 13.5. The number of para-hydroxylation sites is 3. The summed E-state index contributed by atoms with van der Waals surface area (Å²) in [5.74, 6) is 0.0212. The Labute approximate surface area is 192 Å². The zero-order chi connectivity index (χ0) is 18.4. The molecule has 0 aromatic heterocycles. The molecule has 2 aromatic carbocycles. The number of amides is 1. The van der Waals surface area contributed by atoms with Gasteiger partial charge in [-0.15, -0.1) is 37.2 Å². The number of nitrogen functional groups attached to an aromatic ring is 1. The van der Waals surface area contributed by atoms with Crippen LogP contribution in [0.15, 0.2) is 48.5 Å². The Morgan fingerprint density at radius 1 is 0.966 bits per heavy atom. The van der Waals surface area contributed by atoms with Gasteiger partial charge in [0, 0.05) is 38.3 Å². The summed E-state index contributed by atoms with van der Waals surface area (Å²) in [6.07, 6.45) is 1.07. The third kappa shape index (κ3) is 7.59. The van der Waals surface area contributed by atoms with Crippen LogP contribution in [0.5, 0.6) is 0 Å². The highest BCUT2D eigenvalue weighted by molar-refractivity contribution is 5.94. The fraction of sp³-hybridized carbons (Fsp3) is 0.381. The summed E-state index contributed by atoms with van der Waals surface area (Å²) < 4.78 is 0. The maximum absolute atomic E-state index is 12.5. The Morgan fingerprint density at radius 3 is 2.24 bits per heavy atom. The molecule has 0 atom stereocenters. The number of nitrogens with two attached hydrogens (primary N) is 1. The number of likely N-dealkylation sites (N-methyl/N-ethyl adjacent to an activating group) is 1. The van der Waals surface area contributed by atoms with Crippen molar-refractivity contribution < 1.29 is 4.79 Å². The first kappa shape index (κ1) is 27.3. The molecule has 5 nitrogen and oxygen atoms in total. The van der Waals surface area contributed by atoms with Crippen molar-refractivity contribution in [2.45, 2.75) is 19.8 Å². The first-order valence-electron chi connectivity index (χ1n) is 9.37. The molecule has 0 bridgehead atoms. The van der Waals surface area contributed by atoms with E-state index in [1.807, 2.05) is 42.5 Å². The van der Waals surface area contributed by atoms with Gasteiger partial charge in [0.2, 0.25) is 5.91 Å². The first-order valence-corrected chi connectivity index (χ1v) is 9.37. The lowest BCUT2D eigenvalue weighted by molar-refractivity contribution is -0.116. The van der Waals surface area contributed by atoms with Gasteiger partial charge in [0.1, 0.15) is 0 Å². The van der Waals surface area contributed by atoms with Gasteiger partial charge in [-0.2, -0.15) is 0 Å². The molecule has 8 heteroatoms. The van der Waals surface area contributed by atoms with Crippen LogP contribution in [0.3, 0.4) is 0 Å². The van der Waals surface area contributed by atoms with Crippen LogP contribution in [0, 0.1) is 0 Å². The maximum Gasteiger partial charge on any atom is 0.224 e. The number of nitrogens with zero attached hydrogens (tertiary/aromatic N) is 2. The molecule has 29 heavy (non-hydrogen) atoms. The van der Waals surface area contributed by atoms with Crippen LogP contribution in [0.25, 0.3) is 0 Å². The van der Waals surface area contributed by atoms with Crippen molar-refractivity contribution in [3.05, 3.63) is 54.1 Å². The van der Waals surface area contributed by atoms with E-state index in [9.17, 15) is 4.79 Å². The highest BCUT2D eigenvalue weighted by atomic mass is 35.5. The average molecular weight is 462 g/mol. The third-order valence-electron chi connectivity index (χ3n) is 5.01. The molecule has 1 aliphatic heterocycles. The van der Waals surface area contributed by atoms with Crippen LogP contribution >= 0.6 is 37.2 Å². The molecule has 1 amide bonds. The minimum absolute atomic E-state index is 0. The van der Waals surface area contributed by atoms with E-state index in [0.717, 1.165) is 55.3 Å². The van der Waals surface area contributed by atoms with Crippen molar-refractivity contribution in [3.8, 4) is 0 Å². The highest BCUT2D eigenvalue weighted by Gasteiger charge is 2.18. The van der Waals surface area contributed by atoms with Crippen molar-refractivity contribution in [3.63, 3.8) is 0 Å². The van der Waals surface area contributed by atoms with E-state index in [1.165, 1.54) is 0 Å². The number of anilines is 3. The predicted molar refractivity (Wildman–Crippen MR) is 130 cm³/mol. The molecule has 1 fully saturated rings. The zero-order valence-electron chi connectivity index (χ0n) is 16.7. The Bertz CT molecular complexity index is 752. The molecular formula is C21H31Cl3N4O. The second kappa shape index (κ2) is 13.5. The lowest BCUT2D eigenvalue weighted by atomic mass is 10.1. The summed E-state index contributed by atoms with van der Waals surface area (Å²) in [5, 5.41) is 3.09. The quantitative estimate of drug-likeness (QED) is 0.631. The molecule has 1 aliphatic rings. The van der Waals surface area contributed by atoms with E-state index in [0.29, 0.717) is 12.8 Å². The summed E-state index contributed by atoms with van der Waals surface area (Å²) in [5.41, 5.74) is 9.73. The smallest absolute Gasteiger partial charge is 0.224 e. The molecule has 0 radical (unpaired) electrons. The molecule has 3 rings (SSSR count). The number of carbonyl (C=O) groups is 1. The van der Waals surface area contributed by atoms with Gasteiger partial charge in [0.05, 0.1) is 11.4 Å². The van der Waals surface area contributed by atoms with E-state index in [1.54, 1.807) is 0 Å². The summed E-state index contributed by atoms with van der Waals surface area (Å²) >= 11 is 0. The van der Waals surface area contributed by atoms with E-state index < -0.39 is 0 Å². The molecule has 0 saturated carbocycles. The Morgan fingerprint density at radius 2 is 1.59 bits per heavy atom. The number of aryl methyl sites for hydroxylation is 1. The molecule has 2 aromatic rings. The molecule has 162 valence electrons. The van der Waals surface area contributed by atoms with Gasteiger partial charge in [-0.05, 0) is 36.7 Å². The van der Waals surface area contributed by atoms with Gasteiger partial charge in [-0.25, -0.2) is 0 Å². The Kier molecular flexibility index (Phi) is 12.8. The minimum Gasteiger partial charge on any atom is -0.399 e. The molecule has 0 aliphatic carbocycles. The van der Waals surface area contributed by atoms with Gasteiger partial charge >= 0.3 is 0 Å². The molecule has 3 N–H and O–H groups in total. The van der Waals surface area contributed by atoms with Gasteiger partial charge in [-0.1, -0.05) is 37.3 Å². The maximum atomic E-state index is 12.5. The van der Waals surface area contributed by atoms with Crippen LogP contribution in [-0.2, 0) is 11.2 Å². The van der Waals surface area contributed by atoms with Crippen LogP contribution in [0.2, 0.25) is 0 Å². The molecule has 0 unspecified atom stereocenters. The lowest BCUT2D eigenvalue weighted by Crippen LogP contribution is -2.46. The van der Waals surface area contributed by atoms with Crippen LogP contribution < -0.4 is 16.0 Å². The van der Waals surface area contributed by atoms with Crippen molar-refractivity contribution in [1.29, 1.82) is 0 Å². The molecular weight excluding hydrogens is 431 g/mol. The van der Waals surface area contributed by atoms with E-state index in [2.05, 4.69) is 28.1 Å². The standard InChI is InChI=1S/C21H28N4O.3ClH/c1-2-24-13-15-25(16-14-24)20-10-6-5-9-19(20)23-21(26)12-11-17-7-3-4-8-18(17)22;;;/h3-10H,2,11-16,22H2,1H3,(H,23,26);3*1H. The lowest BCUT2D eigenvalue weighted by Gasteiger charge is -2.36. The largest absolute Gasteiger partial charge is 0.399 e. The number of hydrogen-bond acceptors (Lipinski definition) is 4. The molecule has 1 heterocycles. The predicted octanol–water partition coefficient (Wildman–Crippen LogP) is 4.25. The van der Waals surface area contributed by atoms with Gasteiger partial charge in [-0.3, -0.25) is 4.79 Å². The van der Waals surface area contributed by atoms with Crippen molar-refractivity contribution >= 4 is 60.2 Å². The summed E-state index contributed by atoms with van der Waals surface area (Å²) in [6.45, 7) is 7.39. The van der Waals surface area contributed by atoms with Crippen molar-refractivity contribution in [2.24, 2.45) is 0 Å². The number of carbonyl (C=O) groups excluding carboxylic acids is 1. The summed E-state index contributed by atoms with van der Waals surface area (Å²) in [6, 6.07) is 15.8. The average Bonchev–Trinajstić information content (AvgIpc) is 2.68. The van der Waals surface area contributed by atoms with Gasteiger partial charge in [0.15, 0.2) is 0 Å². The molecule has 0 spiro atoms. The Hall–Kier alpha value is -1.66. The van der Waals surface area contributed by atoms with Gasteiger partial charge in [0.25, 0.3) is 0 Å². The first-order chi connectivity index (χ1) is 12.7. The topological polar surface area (TPSA) is 61.6 Å². The number of piperazine rings is 1. The number of halogens is 3. The minimum atomic E-state index is 0. The van der Waals surface area contributed by atoms with Crippen molar-refractivity contribution in [2.75, 3.05) is 48.7 Å². The van der Waals surface area contributed by atoms with Crippen molar-refractivity contribution in [1.82, 2.24) is 4.90 Å². The van der Waals surface area contributed by atoms with E-state index >= 15 is 0 Å². The SMILES string of the molecule is CCN1CCN(c2ccccc2NC(=O)CCc2ccccc2N)CC1.Cl.Cl.Cl. The van der Waals surface area contributed by atoms with Gasteiger partial charge < -0.3 is 20.9 Å². The number of nitrogens with one attached hydrogen (secondary N) is 1. The zero-order valence-corrected chi connectivity index (χ0v) is 19.1. The second-order valence-corrected chi connectivity index (χ2v) is 6.69. The Balaban J connectivity index is 0.00000261. The number of benzene rings is 2. The monoisotopic (exact) mass is 460 g/mol. The molecule has 1 saturated heterocycles. The van der Waals surface area contributed by atoms with Crippen LogP contribution in [-0.4, -0.2) is 43.5 Å². The summed E-state index contributed by atoms with van der Waals surface area (Å²) in [7, 11) is 0. The highest BCUT2D eigenvalue weighted by Crippen LogP contribution is 2.27.